The van der Waals surface area contributed by atoms with Crippen LogP contribution in [0.15, 0.2) is 30.3 Å². The molecular formula is C12H16ClNO. The third-order valence-corrected chi connectivity index (χ3v) is 2.51. The van der Waals surface area contributed by atoms with Gasteiger partial charge in [0.2, 0.25) is 5.91 Å². The molecule has 0 saturated carbocycles. The molecule has 1 rings (SSSR count). The van der Waals surface area contributed by atoms with Crippen LogP contribution in [0.25, 0.3) is 0 Å². The molecule has 0 aliphatic heterocycles. The molecule has 0 radical (unpaired) electrons. The first-order valence-electron chi connectivity index (χ1n) is 5.08. The number of hydrogen-bond acceptors (Lipinski definition) is 1. The molecule has 1 aromatic carbocycles. The van der Waals surface area contributed by atoms with Crippen LogP contribution < -0.4 is 5.32 Å². The molecule has 1 amide bonds. The molecule has 0 unspecified atom stereocenters. The lowest BCUT2D eigenvalue weighted by molar-refractivity contribution is -0.120. The summed E-state index contributed by atoms with van der Waals surface area (Å²) in [4.78, 5) is 11.2. The predicted molar refractivity (Wildman–Crippen MR) is 63.2 cm³/mol. The third-order valence-electron chi connectivity index (χ3n) is 2.31. The van der Waals surface area contributed by atoms with Crippen LogP contribution in [-0.2, 0) is 4.79 Å². The summed E-state index contributed by atoms with van der Waals surface area (Å²) in [5.41, 5.74) is 1.22. The number of halogens is 1. The molecule has 2 nitrogen and oxygen atoms in total. The molecule has 1 aromatic rings. The Bertz CT molecular complexity index is 311. The first kappa shape index (κ1) is 12.1. The number of amides is 1. The maximum atomic E-state index is 11.2. The van der Waals surface area contributed by atoms with Crippen molar-refractivity contribution < 1.29 is 4.79 Å². The van der Waals surface area contributed by atoms with Gasteiger partial charge in [0.05, 0.1) is 0 Å². The van der Waals surface area contributed by atoms with Crippen molar-refractivity contribution in [1.82, 2.24) is 5.32 Å². The quantitative estimate of drug-likeness (QED) is 0.784. The zero-order valence-electron chi connectivity index (χ0n) is 9.03. The highest BCUT2D eigenvalue weighted by Gasteiger charge is 2.10. The Kier molecular flexibility index (Phi) is 4.63. The second-order valence-electron chi connectivity index (χ2n) is 3.67. The predicted octanol–water partition coefficient (Wildman–Crippen LogP) is 2.53. The summed E-state index contributed by atoms with van der Waals surface area (Å²) >= 11 is 5.65. The average molecular weight is 226 g/mol. The minimum absolute atomic E-state index is 0.112. The fourth-order valence-electron chi connectivity index (χ4n) is 1.29. The summed E-state index contributed by atoms with van der Waals surface area (Å²) in [5, 5.41) is 2.34. The van der Waals surface area contributed by atoms with Gasteiger partial charge < -0.3 is 5.32 Å². The number of nitrogens with one attached hydrogen (secondary N) is 1. The Morgan fingerprint density at radius 2 is 1.93 bits per heavy atom. The van der Waals surface area contributed by atoms with Crippen LogP contribution in [0.3, 0.4) is 0 Å². The molecule has 0 bridgehead atoms. The lowest BCUT2D eigenvalue weighted by atomic mass is 10.0. The fourth-order valence-corrected chi connectivity index (χ4v) is 1.37. The SMILES string of the molecule is C[C@H](Cl)C(=O)NC[C@@H](C)c1ccccc1. The van der Waals surface area contributed by atoms with Crippen LogP contribution in [0.5, 0.6) is 0 Å². The minimum atomic E-state index is -0.465. The Labute approximate surface area is 95.6 Å². The van der Waals surface area contributed by atoms with Crippen LogP contribution in [0.1, 0.15) is 25.3 Å². The lowest BCUT2D eigenvalue weighted by Crippen LogP contribution is -2.32. The number of alkyl halides is 1. The van der Waals surface area contributed by atoms with Crippen molar-refractivity contribution in [3.05, 3.63) is 35.9 Å². The van der Waals surface area contributed by atoms with E-state index in [0.717, 1.165) is 0 Å². The number of carbonyl (C=O) groups is 1. The zero-order valence-corrected chi connectivity index (χ0v) is 9.79. The molecule has 0 aromatic heterocycles. The molecule has 2 atom stereocenters. The smallest absolute Gasteiger partial charge is 0.237 e. The van der Waals surface area contributed by atoms with Gasteiger partial charge in [-0.05, 0) is 18.4 Å². The molecule has 0 aliphatic rings. The highest BCUT2D eigenvalue weighted by Crippen LogP contribution is 2.13. The van der Waals surface area contributed by atoms with E-state index in [-0.39, 0.29) is 5.91 Å². The maximum absolute atomic E-state index is 11.2. The standard InChI is InChI=1S/C12H16ClNO/c1-9(8-14-12(15)10(2)13)11-6-4-3-5-7-11/h3-7,9-10H,8H2,1-2H3,(H,14,15)/t9-,10+/m1/s1. The van der Waals surface area contributed by atoms with Crippen molar-refractivity contribution in [1.29, 1.82) is 0 Å². The van der Waals surface area contributed by atoms with E-state index in [0.29, 0.717) is 12.5 Å². The van der Waals surface area contributed by atoms with Crippen LogP contribution >= 0.6 is 11.6 Å². The molecule has 15 heavy (non-hydrogen) atoms. The Balaban J connectivity index is 2.44. The van der Waals surface area contributed by atoms with Gasteiger partial charge in [-0.15, -0.1) is 11.6 Å². The molecule has 0 saturated heterocycles. The highest BCUT2D eigenvalue weighted by atomic mass is 35.5. The van der Waals surface area contributed by atoms with E-state index < -0.39 is 5.38 Å². The normalized spacial score (nSPS) is 14.3. The van der Waals surface area contributed by atoms with Crippen molar-refractivity contribution in [3.8, 4) is 0 Å². The second-order valence-corrected chi connectivity index (χ2v) is 4.33. The summed E-state index contributed by atoms with van der Waals surface area (Å²) in [6, 6.07) is 10.1. The van der Waals surface area contributed by atoms with Gasteiger partial charge in [-0.2, -0.15) is 0 Å². The van der Waals surface area contributed by atoms with E-state index in [2.05, 4.69) is 24.4 Å². The summed E-state index contributed by atoms with van der Waals surface area (Å²) in [6.45, 7) is 4.37. The van der Waals surface area contributed by atoms with Gasteiger partial charge >= 0.3 is 0 Å². The van der Waals surface area contributed by atoms with Gasteiger partial charge in [0.25, 0.3) is 0 Å². The Hall–Kier alpha value is -1.02. The topological polar surface area (TPSA) is 29.1 Å². The molecule has 3 heteroatoms. The van der Waals surface area contributed by atoms with Gasteiger partial charge in [-0.25, -0.2) is 0 Å². The number of carbonyl (C=O) groups excluding carboxylic acids is 1. The molecule has 1 N–H and O–H groups in total. The van der Waals surface area contributed by atoms with Crippen molar-refractivity contribution in [3.63, 3.8) is 0 Å². The van der Waals surface area contributed by atoms with E-state index in [1.54, 1.807) is 6.92 Å². The van der Waals surface area contributed by atoms with Crippen molar-refractivity contribution in [2.24, 2.45) is 0 Å². The molecular weight excluding hydrogens is 210 g/mol. The third kappa shape index (κ3) is 3.92. The Morgan fingerprint density at radius 1 is 1.33 bits per heavy atom. The van der Waals surface area contributed by atoms with Crippen molar-refractivity contribution in [2.75, 3.05) is 6.54 Å². The number of benzene rings is 1. The van der Waals surface area contributed by atoms with Crippen molar-refractivity contribution >= 4 is 17.5 Å². The first-order valence-corrected chi connectivity index (χ1v) is 5.51. The van der Waals surface area contributed by atoms with Crippen LogP contribution in [-0.4, -0.2) is 17.8 Å². The largest absolute Gasteiger partial charge is 0.354 e. The highest BCUT2D eigenvalue weighted by molar-refractivity contribution is 6.30. The summed E-state index contributed by atoms with van der Waals surface area (Å²) in [5.74, 6) is 0.199. The lowest BCUT2D eigenvalue weighted by Gasteiger charge is -2.13. The minimum Gasteiger partial charge on any atom is -0.354 e. The molecule has 0 fully saturated rings. The van der Waals surface area contributed by atoms with E-state index in [4.69, 9.17) is 11.6 Å². The summed E-state index contributed by atoms with van der Waals surface area (Å²) in [7, 11) is 0. The molecule has 0 spiro atoms. The van der Waals surface area contributed by atoms with Gasteiger partial charge in [-0.3, -0.25) is 4.79 Å². The van der Waals surface area contributed by atoms with Gasteiger partial charge in [0.15, 0.2) is 0 Å². The van der Waals surface area contributed by atoms with E-state index in [9.17, 15) is 4.79 Å². The van der Waals surface area contributed by atoms with Crippen LogP contribution in [0, 0.1) is 0 Å². The maximum Gasteiger partial charge on any atom is 0.237 e. The second kappa shape index (κ2) is 5.76. The Morgan fingerprint density at radius 3 is 2.47 bits per heavy atom. The van der Waals surface area contributed by atoms with E-state index in [1.807, 2.05) is 18.2 Å². The van der Waals surface area contributed by atoms with E-state index in [1.165, 1.54) is 5.56 Å². The van der Waals surface area contributed by atoms with Crippen LogP contribution in [0.4, 0.5) is 0 Å². The monoisotopic (exact) mass is 225 g/mol. The molecule has 82 valence electrons. The van der Waals surface area contributed by atoms with E-state index >= 15 is 0 Å². The molecule has 0 heterocycles. The number of hydrogen-bond donors (Lipinski definition) is 1. The van der Waals surface area contributed by atoms with Crippen LogP contribution in [0.2, 0.25) is 0 Å². The number of rotatable bonds is 4. The van der Waals surface area contributed by atoms with Gasteiger partial charge in [0, 0.05) is 6.54 Å². The van der Waals surface area contributed by atoms with Gasteiger partial charge in [-0.1, -0.05) is 37.3 Å². The summed E-state index contributed by atoms with van der Waals surface area (Å²) < 4.78 is 0. The zero-order chi connectivity index (χ0) is 11.3. The molecule has 0 aliphatic carbocycles. The van der Waals surface area contributed by atoms with Crippen molar-refractivity contribution in [2.45, 2.75) is 25.1 Å². The van der Waals surface area contributed by atoms with Gasteiger partial charge in [0.1, 0.15) is 5.38 Å². The average Bonchev–Trinajstić information content (AvgIpc) is 2.26. The fraction of sp³-hybridized carbons (Fsp3) is 0.417. The first-order chi connectivity index (χ1) is 7.11. The summed E-state index contributed by atoms with van der Waals surface area (Å²) in [6.07, 6.45) is 0.